The van der Waals surface area contributed by atoms with Crippen molar-refractivity contribution in [1.82, 2.24) is 10.4 Å². The van der Waals surface area contributed by atoms with Crippen LogP contribution in [0.3, 0.4) is 0 Å². The highest BCUT2D eigenvalue weighted by Gasteiger charge is 2.21. The molecular formula is C10H9ClFN3S. The maximum Gasteiger partial charge on any atom is 0.146 e. The summed E-state index contributed by atoms with van der Waals surface area (Å²) in [4.78, 5) is 4.73. The van der Waals surface area contributed by atoms with Gasteiger partial charge < -0.3 is 0 Å². The minimum atomic E-state index is -0.520. The molecule has 0 saturated carbocycles. The number of nitrogens with zero attached hydrogens (tertiary/aromatic N) is 1. The lowest BCUT2D eigenvalue weighted by Gasteiger charge is -2.14. The number of pyridine rings is 1. The van der Waals surface area contributed by atoms with Gasteiger partial charge in [-0.25, -0.2) is 9.82 Å². The molecule has 2 heterocycles. The van der Waals surface area contributed by atoms with Crippen LogP contribution < -0.4 is 11.3 Å². The molecule has 1 unspecified atom stereocenters. The third kappa shape index (κ3) is 2.08. The number of hydrogen-bond acceptors (Lipinski definition) is 4. The fraction of sp³-hybridized carbons (Fsp3) is 0.100. The van der Waals surface area contributed by atoms with Gasteiger partial charge in [0.25, 0.3) is 0 Å². The minimum Gasteiger partial charge on any atom is -0.270 e. The van der Waals surface area contributed by atoms with Crippen molar-refractivity contribution in [2.45, 2.75) is 6.04 Å². The number of nitrogens with one attached hydrogen (secondary N) is 1. The Bertz CT molecular complexity index is 488. The standard InChI is InChI=1S/C10H9ClFN3S/c11-6-3-5-16-10(6)9(15-13)8-7(12)2-1-4-14-8/h1-5,9,15H,13H2. The quantitative estimate of drug-likeness (QED) is 0.656. The van der Waals surface area contributed by atoms with Crippen LogP contribution in [0.5, 0.6) is 0 Å². The van der Waals surface area contributed by atoms with E-state index in [-0.39, 0.29) is 5.69 Å². The average Bonchev–Trinajstić information content (AvgIpc) is 2.69. The highest BCUT2D eigenvalue weighted by atomic mass is 35.5. The van der Waals surface area contributed by atoms with Crippen LogP contribution in [0.2, 0.25) is 5.02 Å². The zero-order chi connectivity index (χ0) is 11.5. The molecule has 0 amide bonds. The first-order valence-corrected chi connectivity index (χ1v) is 5.79. The fourth-order valence-corrected chi connectivity index (χ4v) is 2.63. The number of hydrazine groups is 1. The Morgan fingerprint density at radius 2 is 2.31 bits per heavy atom. The molecule has 3 nitrogen and oxygen atoms in total. The summed E-state index contributed by atoms with van der Waals surface area (Å²) in [6, 6.07) is 4.09. The first-order chi connectivity index (χ1) is 7.74. The molecule has 0 bridgehead atoms. The van der Waals surface area contributed by atoms with Crippen molar-refractivity contribution in [2.24, 2.45) is 5.84 Å². The lowest BCUT2D eigenvalue weighted by Crippen LogP contribution is -2.29. The predicted molar refractivity (Wildman–Crippen MR) is 62.7 cm³/mol. The normalized spacial score (nSPS) is 12.7. The lowest BCUT2D eigenvalue weighted by molar-refractivity contribution is 0.548. The molecule has 6 heteroatoms. The van der Waals surface area contributed by atoms with E-state index in [1.807, 2.05) is 5.38 Å². The van der Waals surface area contributed by atoms with Gasteiger partial charge in [0, 0.05) is 11.1 Å². The van der Waals surface area contributed by atoms with Crippen LogP contribution in [-0.4, -0.2) is 4.98 Å². The monoisotopic (exact) mass is 257 g/mol. The Kier molecular flexibility index (Phi) is 3.50. The highest BCUT2D eigenvalue weighted by Crippen LogP contribution is 2.32. The molecule has 2 aromatic heterocycles. The summed E-state index contributed by atoms with van der Waals surface area (Å²) in [5.41, 5.74) is 2.77. The summed E-state index contributed by atoms with van der Waals surface area (Å²) in [7, 11) is 0. The summed E-state index contributed by atoms with van der Waals surface area (Å²) in [6.07, 6.45) is 1.52. The van der Waals surface area contributed by atoms with E-state index in [0.29, 0.717) is 5.02 Å². The Labute approximate surface area is 101 Å². The Morgan fingerprint density at radius 3 is 2.88 bits per heavy atom. The summed E-state index contributed by atoms with van der Waals surface area (Å²) in [5, 5.41) is 2.38. The molecule has 0 aliphatic heterocycles. The number of thiophene rings is 1. The van der Waals surface area contributed by atoms with Crippen molar-refractivity contribution in [3.63, 3.8) is 0 Å². The van der Waals surface area contributed by atoms with E-state index in [4.69, 9.17) is 17.4 Å². The van der Waals surface area contributed by atoms with Crippen molar-refractivity contribution >= 4 is 22.9 Å². The largest absolute Gasteiger partial charge is 0.270 e. The molecule has 2 rings (SSSR count). The average molecular weight is 258 g/mol. The summed E-state index contributed by atoms with van der Waals surface area (Å²) >= 11 is 7.38. The van der Waals surface area contributed by atoms with Gasteiger partial charge in [-0.3, -0.25) is 10.8 Å². The van der Waals surface area contributed by atoms with Gasteiger partial charge in [0.1, 0.15) is 11.9 Å². The van der Waals surface area contributed by atoms with Crippen LogP contribution in [-0.2, 0) is 0 Å². The first-order valence-electron chi connectivity index (χ1n) is 4.53. The van der Waals surface area contributed by atoms with E-state index in [2.05, 4.69) is 10.4 Å². The van der Waals surface area contributed by atoms with E-state index >= 15 is 0 Å². The van der Waals surface area contributed by atoms with Crippen LogP contribution in [0.25, 0.3) is 0 Å². The van der Waals surface area contributed by atoms with Crippen LogP contribution in [0.15, 0.2) is 29.8 Å². The Balaban J connectivity index is 2.45. The molecule has 0 aliphatic rings. The van der Waals surface area contributed by atoms with E-state index in [1.165, 1.54) is 29.7 Å². The second kappa shape index (κ2) is 4.88. The maximum absolute atomic E-state index is 13.6. The van der Waals surface area contributed by atoms with Crippen LogP contribution in [0, 0.1) is 5.82 Å². The van der Waals surface area contributed by atoms with Gasteiger partial charge in [-0.05, 0) is 23.6 Å². The topological polar surface area (TPSA) is 50.9 Å². The fourth-order valence-electron chi connectivity index (χ4n) is 1.40. The molecule has 0 fully saturated rings. The molecule has 0 radical (unpaired) electrons. The maximum atomic E-state index is 13.6. The molecule has 16 heavy (non-hydrogen) atoms. The minimum absolute atomic E-state index is 0.245. The molecule has 2 aromatic rings. The van der Waals surface area contributed by atoms with Gasteiger partial charge >= 0.3 is 0 Å². The lowest BCUT2D eigenvalue weighted by atomic mass is 10.1. The van der Waals surface area contributed by atoms with E-state index < -0.39 is 11.9 Å². The van der Waals surface area contributed by atoms with E-state index in [9.17, 15) is 4.39 Å². The SMILES string of the molecule is NNC(c1ncccc1F)c1sccc1Cl. The first kappa shape index (κ1) is 11.5. The van der Waals surface area contributed by atoms with Gasteiger partial charge in [0.2, 0.25) is 0 Å². The molecule has 0 saturated heterocycles. The Morgan fingerprint density at radius 1 is 1.50 bits per heavy atom. The molecule has 0 aliphatic carbocycles. The van der Waals surface area contributed by atoms with Crippen molar-refractivity contribution in [3.8, 4) is 0 Å². The van der Waals surface area contributed by atoms with Crippen molar-refractivity contribution < 1.29 is 4.39 Å². The molecule has 0 aromatic carbocycles. The van der Waals surface area contributed by atoms with E-state index in [1.54, 1.807) is 6.07 Å². The molecule has 1 atom stereocenters. The number of rotatable bonds is 3. The highest BCUT2D eigenvalue weighted by molar-refractivity contribution is 7.10. The number of nitrogens with two attached hydrogens (primary N) is 1. The van der Waals surface area contributed by atoms with Crippen molar-refractivity contribution in [2.75, 3.05) is 0 Å². The smallest absolute Gasteiger partial charge is 0.146 e. The molecule has 3 N–H and O–H groups in total. The van der Waals surface area contributed by atoms with Gasteiger partial charge in [-0.1, -0.05) is 11.6 Å². The second-order valence-electron chi connectivity index (χ2n) is 3.10. The summed E-state index contributed by atoms with van der Waals surface area (Å²) < 4.78 is 13.6. The predicted octanol–water partition coefficient (Wildman–Crippen LogP) is 2.49. The number of aromatic nitrogens is 1. The molecular weight excluding hydrogens is 249 g/mol. The second-order valence-corrected chi connectivity index (χ2v) is 4.46. The number of halogens is 2. The van der Waals surface area contributed by atoms with Crippen LogP contribution in [0.4, 0.5) is 4.39 Å². The zero-order valence-corrected chi connectivity index (χ0v) is 9.73. The molecule has 84 valence electrons. The van der Waals surface area contributed by atoms with Crippen LogP contribution >= 0.6 is 22.9 Å². The zero-order valence-electron chi connectivity index (χ0n) is 8.15. The van der Waals surface area contributed by atoms with Crippen molar-refractivity contribution in [3.05, 3.63) is 51.2 Å². The van der Waals surface area contributed by atoms with Crippen LogP contribution in [0.1, 0.15) is 16.6 Å². The van der Waals surface area contributed by atoms with E-state index in [0.717, 1.165) is 4.88 Å². The third-order valence-corrected chi connectivity index (χ3v) is 3.56. The third-order valence-electron chi connectivity index (χ3n) is 2.13. The Hall–Kier alpha value is -1.01. The van der Waals surface area contributed by atoms with Gasteiger partial charge in [0.05, 0.1) is 10.7 Å². The molecule has 0 spiro atoms. The van der Waals surface area contributed by atoms with Gasteiger partial charge in [-0.15, -0.1) is 11.3 Å². The summed E-state index contributed by atoms with van der Waals surface area (Å²) in [5.74, 6) is 5.02. The van der Waals surface area contributed by atoms with Gasteiger partial charge in [-0.2, -0.15) is 0 Å². The van der Waals surface area contributed by atoms with Crippen molar-refractivity contribution in [1.29, 1.82) is 0 Å². The number of hydrogen-bond donors (Lipinski definition) is 2. The summed E-state index contributed by atoms with van der Waals surface area (Å²) in [6.45, 7) is 0. The van der Waals surface area contributed by atoms with Gasteiger partial charge in [0.15, 0.2) is 0 Å².